The second-order valence-corrected chi connectivity index (χ2v) is 7.15. The lowest BCUT2D eigenvalue weighted by Crippen LogP contribution is -2.14. The molecule has 1 heterocycles. The van der Waals surface area contributed by atoms with E-state index in [2.05, 4.69) is 10.1 Å². The van der Waals surface area contributed by atoms with Crippen LogP contribution in [-0.4, -0.2) is 29.1 Å². The summed E-state index contributed by atoms with van der Waals surface area (Å²) in [5.41, 5.74) is 6.65. The number of rotatable bonds is 7. The fourth-order valence-corrected chi connectivity index (χ4v) is 2.84. The zero-order chi connectivity index (χ0) is 17.9. The van der Waals surface area contributed by atoms with Crippen LogP contribution in [0.2, 0.25) is 0 Å². The highest BCUT2D eigenvalue weighted by atomic mass is 32.2. The number of nitrogens with two attached hydrogens (primary N) is 2. The zero-order valence-corrected chi connectivity index (χ0v) is 14.5. The number of aryl methyl sites for hydroxylation is 2. The van der Waals surface area contributed by atoms with Gasteiger partial charge in [-0.1, -0.05) is 19.4 Å². The number of aromatic nitrogens is 3. The summed E-state index contributed by atoms with van der Waals surface area (Å²) in [6.45, 7) is 4.50. The minimum absolute atomic E-state index is 0.00425. The van der Waals surface area contributed by atoms with Crippen molar-refractivity contribution in [2.45, 2.75) is 44.6 Å². The van der Waals surface area contributed by atoms with Crippen LogP contribution in [0.4, 0.5) is 0 Å². The normalized spacial score (nSPS) is 11.6. The summed E-state index contributed by atoms with van der Waals surface area (Å²) in [6.07, 6.45) is 1.76. The first kappa shape index (κ1) is 18.1. The summed E-state index contributed by atoms with van der Waals surface area (Å²) >= 11 is 0. The Morgan fingerprint density at radius 3 is 2.62 bits per heavy atom. The molecule has 1 aromatic heterocycles. The van der Waals surface area contributed by atoms with Gasteiger partial charge in [-0.2, -0.15) is 5.10 Å². The molecular formula is C15H21N5O3S. The number of hydrogen-bond acceptors (Lipinski definition) is 5. The molecule has 2 aromatic rings. The van der Waals surface area contributed by atoms with E-state index < -0.39 is 15.9 Å². The molecule has 1 aromatic carbocycles. The molecule has 9 heteroatoms. The van der Waals surface area contributed by atoms with Crippen molar-refractivity contribution < 1.29 is 13.2 Å². The molecule has 1 amide bonds. The summed E-state index contributed by atoms with van der Waals surface area (Å²) in [7, 11) is -3.82. The molecule has 0 bridgehead atoms. The van der Waals surface area contributed by atoms with Crippen molar-refractivity contribution in [3.8, 4) is 11.4 Å². The molecule has 8 nitrogen and oxygen atoms in total. The smallest absolute Gasteiger partial charge is 0.238 e. The molecule has 0 aliphatic rings. The molecule has 0 saturated carbocycles. The number of carbonyl (C=O) groups is 1. The van der Waals surface area contributed by atoms with Crippen LogP contribution in [-0.2, 0) is 27.8 Å². The van der Waals surface area contributed by atoms with Gasteiger partial charge in [-0.3, -0.25) is 4.79 Å². The lowest BCUT2D eigenvalue weighted by molar-refractivity contribution is -0.117. The summed E-state index contributed by atoms with van der Waals surface area (Å²) in [4.78, 5) is 15.5. The van der Waals surface area contributed by atoms with Crippen LogP contribution in [0.25, 0.3) is 11.4 Å². The molecular weight excluding hydrogens is 330 g/mol. The van der Waals surface area contributed by atoms with Gasteiger partial charge in [-0.15, -0.1) is 0 Å². The first-order valence-electron chi connectivity index (χ1n) is 7.58. The first-order chi connectivity index (χ1) is 11.2. The lowest BCUT2D eigenvalue weighted by Gasteiger charge is -2.09. The summed E-state index contributed by atoms with van der Waals surface area (Å²) in [5.74, 6) is 0.293. The minimum atomic E-state index is -3.82. The van der Waals surface area contributed by atoms with Crippen molar-refractivity contribution >= 4 is 15.9 Å². The van der Waals surface area contributed by atoms with Gasteiger partial charge in [0.1, 0.15) is 0 Å². The maximum atomic E-state index is 11.6. The number of amides is 1. The van der Waals surface area contributed by atoms with Gasteiger partial charge < -0.3 is 5.73 Å². The second-order valence-electron chi connectivity index (χ2n) is 5.59. The largest absolute Gasteiger partial charge is 0.369 e. The third-order valence-corrected chi connectivity index (χ3v) is 4.46. The highest BCUT2D eigenvalue weighted by Crippen LogP contribution is 2.25. The number of benzene rings is 1. The van der Waals surface area contributed by atoms with Crippen molar-refractivity contribution in [1.29, 1.82) is 0 Å². The van der Waals surface area contributed by atoms with Crippen LogP contribution >= 0.6 is 0 Å². The molecule has 0 radical (unpaired) electrons. The van der Waals surface area contributed by atoms with Crippen LogP contribution in [0, 0.1) is 6.92 Å². The number of unbranched alkanes of at least 4 members (excludes halogenated alkanes) is 1. The van der Waals surface area contributed by atoms with Gasteiger partial charge in [0.05, 0.1) is 11.3 Å². The standard InChI is InChI=1S/C15H21N5O3S/c1-3-4-7-20-15(18-14(19-20)9-13(16)21)12-8-11(24(17,22)23)6-5-10(12)2/h5-6,8H,3-4,7,9H2,1-2H3,(H2,16,21)(H2,17,22,23). The quantitative estimate of drug-likeness (QED) is 0.758. The Kier molecular flexibility index (Phi) is 5.35. The Morgan fingerprint density at radius 1 is 1.33 bits per heavy atom. The number of carbonyl (C=O) groups excluding carboxylic acids is 1. The van der Waals surface area contributed by atoms with E-state index in [1.54, 1.807) is 10.7 Å². The fraction of sp³-hybridized carbons (Fsp3) is 0.400. The van der Waals surface area contributed by atoms with Gasteiger partial charge in [-0.05, 0) is 31.0 Å². The van der Waals surface area contributed by atoms with Crippen LogP contribution in [0.1, 0.15) is 31.2 Å². The molecule has 0 aliphatic carbocycles. The Morgan fingerprint density at radius 2 is 2.04 bits per heavy atom. The Labute approximate surface area is 140 Å². The van der Waals surface area contributed by atoms with Gasteiger partial charge in [-0.25, -0.2) is 23.2 Å². The zero-order valence-electron chi connectivity index (χ0n) is 13.7. The molecule has 24 heavy (non-hydrogen) atoms. The number of hydrogen-bond donors (Lipinski definition) is 2. The number of primary sulfonamides is 1. The van der Waals surface area contributed by atoms with Gasteiger partial charge in [0, 0.05) is 12.1 Å². The number of nitrogens with zero attached hydrogens (tertiary/aromatic N) is 3. The molecule has 0 spiro atoms. The summed E-state index contributed by atoms with van der Waals surface area (Å²) < 4.78 is 24.9. The van der Waals surface area contributed by atoms with Crippen molar-refractivity contribution in [3.05, 3.63) is 29.6 Å². The van der Waals surface area contributed by atoms with Crippen molar-refractivity contribution in [2.24, 2.45) is 10.9 Å². The molecule has 130 valence electrons. The van der Waals surface area contributed by atoms with Crippen molar-refractivity contribution in [1.82, 2.24) is 14.8 Å². The van der Waals surface area contributed by atoms with E-state index in [4.69, 9.17) is 10.9 Å². The van der Waals surface area contributed by atoms with Crippen LogP contribution in [0.5, 0.6) is 0 Å². The van der Waals surface area contributed by atoms with Crippen LogP contribution in [0.15, 0.2) is 23.1 Å². The van der Waals surface area contributed by atoms with E-state index >= 15 is 0 Å². The first-order valence-corrected chi connectivity index (χ1v) is 9.13. The van der Waals surface area contributed by atoms with E-state index in [1.807, 2.05) is 13.8 Å². The van der Waals surface area contributed by atoms with Crippen molar-refractivity contribution in [2.75, 3.05) is 0 Å². The Bertz CT molecular complexity index is 858. The molecule has 2 rings (SSSR count). The lowest BCUT2D eigenvalue weighted by atomic mass is 10.1. The number of sulfonamides is 1. The highest BCUT2D eigenvalue weighted by Gasteiger charge is 2.18. The Balaban J connectivity index is 2.57. The maximum Gasteiger partial charge on any atom is 0.238 e. The molecule has 0 unspecified atom stereocenters. The van der Waals surface area contributed by atoms with Gasteiger partial charge >= 0.3 is 0 Å². The predicted octanol–water partition coefficient (Wildman–Crippen LogP) is 0.729. The van der Waals surface area contributed by atoms with Gasteiger partial charge in [0.2, 0.25) is 15.9 Å². The number of primary amides is 1. The van der Waals surface area contributed by atoms with Crippen LogP contribution in [0.3, 0.4) is 0 Å². The Hall–Kier alpha value is -2.26. The fourth-order valence-electron chi connectivity index (χ4n) is 2.30. The highest BCUT2D eigenvalue weighted by molar-refractivity contribution is 7.89. The topological polar surface area (TPSA) is 134 Å². The molecule has 0 saturated heterocycles. The average molecular weight is 351 g/mol. The summed E-state index contributed by atoms with van der Waals surface area (Å²) in [6, 6.07) is 4.60. The SMILES string of the molecule is CCCCn1nc(CC(N)=O)nc1-c1cc(S(N)(=O)=O)ccc1C. The predicted molar refractivity (Wildman–Crippen MR) is 89.4 cm³/mol. The minimum Gasteiger partial charge on any atom is -0.369 e. The molecule has 0 atom stereocenters. The summed E-state index contributed by atoms with van der Waals surface area (Å²) in [5, 5.41) is 9.53. The monoisotopic (exact) mass is 351 g/mol. The van der Waals surface area contributed by atoms with E-state index in [-0.39, 0.29) is 11.3 Å². The molecule has 0 fully saturated rings. The van der Waals surface area contributed by atoms with E-state index in [0.717, 1.165) is 18.4 Å². The molecule has 0 aliphatic heterocycles. The van der Waals surface area contributed by atoms with Crippen molar-refractivity contribution in [3.63, 3.8) is 0 Å². The van der Waals surface area contributed by atoms with Crippen LogP contribution < -0.4 is 10.9 Å². The van der Waals surface area contributed by atoms with E-state index in [0.29, 0.717) is 23.8 Å². The van der Waals surface area contributed by atoms with E-state index in [9.17, 15) is 13.2 Å². The molecule has 4 N–H and O–H groups in total. The maximum absolute atomic E-state index is 11.6. The second kappa shape index (κ2) is 7.10. The third-order valence-electron chi connectivity index (χ3n) is 3.55. The van der Waals surface area contributed by atoms with E-state index in [1.165, 1.54) is 12.1 Å². The average Bonchev–Trinajstić information content (AvgIpc) is 2.86. The van der Waals surface area contributed by atoms with Gasteiger partial charge in [0.15, 0.2) is 11.6 Å². The van der Waals surface area contributed by atoms with Gasteiger partial charge in [0.25, 0.3) is 0 Å². The third kappa shape index (κ3) is 4.18.